The minimum absolute atomic E-state index is 0.0474. The lowest BCUT2D eigenvalue weighted by atomic mass is 9.81. The van der Waals surface area contributed by atoms with Crippen LogP contribution < -0.4 is 4.90 Å². The Morgan fingerprint density at radius 3 is 2.00 bits per heavy atom. The average Bonchev–Trinajstić information content (AvgIpc) is 2.86. The molecular formula is C21H28N2O3. The lowest BCUT2D eigenvalue weighted by Crippen LogP contribution is -2.41. The first-order valence-electron chi connectivity index (χ1n) is 9.42. The van der Waals surface area contributed by atoms with E-state index in [4.69, 9.17) is 0 Å². The van der Waals surface area contributed by atoms with Crippen molar-refractivity contribution in [2.45, 2.75) is 51.9 Å². The minimum Gasteiger partial charge on any atom is -0.314 e. The predicted octanol–water partition coefficient (Wildman–Crippen LogP) is 3.12. The number of fused-ring (bicyclic) bond motifs is 1. The average molecular weight is 356 g/mol. The summed E-state index contributed by atoms with van der Waals surface area (Å²) in [5, 5.41) is 0. The van der Waals surface area contributed by atoms with Gasteiger partial charge in [0, 0.05) is 12.7 Å². The third kappa shape index (κ3) is 3.39. The Morgan fingerprint density at radius 2 is 1.54 bits per heavy atom. The summed E-state index contributed by atoms with van der Waals surface area (Å²) in [5.41, 5.74) is 2.00. The molecule has 2 atom stereocenters. The van der Waals surface area contributed by atoms with Crippen LogP contribution in [0.2, 0.25) is 0 Å². The summed E-state index contributed by atoms with van der Waals surface area (Å²) < 4.78 is 0. The minimum atomic E-state index is -0.242. The number of likely N-dealkylation sites (tertiary alicyclic amines) is 1. The number of amides is 3. The van der Waals surface area contributed by atoms with Gasteiger partial charge in [-0.15, -0.1) is 0 Å². The van der Waals surface area contributed by atoms with E-state index in [1.807, 2.05) is 24.3 Å². The molecule has 5 nitrogen and oxygen atoms in total. The SMILES string of the molecule is CN(C(=O)CN1C(=O)C2CCCCC2C1=O)c1ccc(C(C)(C)C)cc1. The van der Waals surface area contributed by atoms with Crippen LogP contribution >= 0.6 is 0 Å². The van der Waals surface area contributed by atoms with E-state index in [1.165, 1.54) is 15.4 Å². The summed E-state index contributed by atoms with van der Waals surface area (Å²) in [7, 11) is 1.69. The Kier molecular flexibility index (Phi) is 4.91. The van der Waals surface area contributed by atoms with E-state index < -0.39 is 0 Å². The van der Waals surface area contributed by atoms with Gasteiger partial charge in [-0.3, -0.25) is 19.3 Å². The van der Waals surface area contributed by atoms with Gasteiger partial charge in [0.05, 0.1) is 11.8 Å². The van der Waals surface area contributed by atoms with E-state index in [2.05, 4.69) is 20.8 Å². The van der Waals surface area contributed by atoms with Crippen molar-refractivity contribution in [3.63, 3.8) is 0 Å². The van der Waals surface area contributed by atoms with Gasteiger partial charge in [0.15, 0.2) is 0 Å². The highest BCUT2D eigenvalue weighted by Gasteiger charge is 2.48. The van der Waals surface area contributed by atoms with Crippen LogP contribution in [0.1, 0.15) is 52.0 Å². The van der Waals surface area contributed by atoms with Gasteiger partial charge in [-0.1, -0.05) is 45.7 Å². The molecule has 1 saturated carbocycles. The van der Waals surface area contributed by atoms with Crippen molar-refractivity contribution in [3.05, 3.63) is 29.8 Å². The standard InChI is InChI=1S/C21H28N2O3/c1-21(2,3)14-9-11-15(12-10-14)22(4)18(24)13-23-19(25)16-7-5-6-8-17(16)20(23)26/h9-12,16-17H,5-8,13H2,1-4H3. The molecule has 3 rings (SSSR count). The highest BCUT2D eigenvalue weighted by atomic mass is 16.2. The first kappa shape index (κ1) is 18.6. The molecule has 1 aliphatic carbocycles. The summed E-state index contributed by atoms with van der Waals surface area (Å²) in [6.45, 7) is 6.25. The summed E-state index contributed by atoms with van der Waals surface area (Å²) in [4.78, 5) is 40.4. The van der Waals surface area contributed by atoms with E-state index in [0.29, 0.717) is 0 Å². The number of nitrogens with zero attached hydrogens (tertiary/aromatic N) is 2. The van der Waals surface area contributed by atoms with Crippen LogP contribution in [0.4, 0.5) is 5.69 Å². The van der Waals surface area contributed by atoms with E-state index in [1.54, 1.807) is 7.05 Å². The summed E-state index contributed by atoms with van der Waals surface area (Å²) in [6.07, 6.45) is 3.51. The maximum Gasteiger partial charge on any atom is 0.246 e. The number of hydrogen-bond donors (Lipinski definition) is 0. The molecule has 0 radical (unpaired) electrons. The van der Waals surface area contributed by atoms with Crippen LogP contribution in [-0.4, -0.2) is 36.2 Å². The Labute approximate surface area is 155 Å². The van der Waals surface area contributed by atoms with Crippen molar-refractivity contribution in [2.75, 3.05) is 18.5 Å². The lowest BCUT2D eigenvalue weighted by Gasteiger charge is -2.23. The van der Waals surface area contributed by atoms with Gasteiger partial charge in [-0.05, 0) is 36.0 Å². The van der Waals surface area contributed by atoms with Gasteiger partial charge < -0.3 is 4.90 Å². The van der Waals surface area contributed by atoms with Gasteiger partial charge in [0.2, 0.25) is 17.7 Å². The molecule has 1 heterocycles. The quantitative estimate of drug-likeness (QED) is 0.782. The molecule has 1 aromatic carbocycles. The number of benzene rings is 1. The smallest absolute Gasteiger partial charge is 0.246 e. The Bertz CT molecular complexity index is 694. The number of likely N-dealkylation sites (N-methyl/N-ethyl adjacent to an activating group) is 1. The maximum absolute atomic E-state index is 12.7. The molecule has 2 aliphatic rings. The van der Waals surface area contributed by atoms with Crippen LogP contribution in [0, 0.1) is 11.8 Å². The molecule has 0 spiro atoms. The van der Waals surface area contributed by atoms with Gasteiger partial charge in [-0.25, -0.2) is 0 Å². The topological polar surface area (TPSA) is 57.7 Å². The second-order valence-corrected chi connectivity index (χ2v) is 8.51. The summed E-state index contributed by atoms with van der Waals surface area (Å²) in [5.74, 6) is -0.983. The third-order valence-electron chi connectivity index (χ3n) is 5.72. The zero-order valence-corrected chi connectivity index (χ0v) is 16.1. The maximum atomic E-state index is 12.7. The molecule has 5 heteroatoms. The molecule has 0 N–H and O–H groups in total. The number of imide groups is 1. The fourth-order valence-corrected chi connectivity index (χ4v) is 3.96. The van der Waals surface area contributed by atoms with Gasteiger partial charge in [0.1, 0.15) is 6.54 Å². The van der Waals surface area contributed by atoms with Crippen molar-refractivity contribution < 1.29 is 14.4 Å². The third-order valence-corrected chi connectivity index (χ3v) is 5.72. The fraction of sp³-hybridized carbons (Fsp3) is 0.571. The number of carbonyl (C=O) groups excluding carboxylic acids is 3. The van der Waals surface area contributed by atoms with E-state index >= 15 is 0 Å². The van der Waals surface area contributed by atoms with Crippen LogP contribution in [0.3, 0.4) is 0 Å². The van der Waals surface area contributed by atoms with Gasteiger partial charge in [0.25, 0.3) is 0 Å². The zero-order valence-electron chi connectivity index (χ0n) is 16.1. The van der Waals surface area contributed by atoms with Crippen molar-refractivity contribution >= 4 is 23.4 Å². The monoisotopic (exact) mass is 356 g/mol. The van der Waals surface area contributed by atoms with E-state index in [-0.39, 0.29) is 41.5 Å². The van der Waals surface area contributed by atoms with Crippen molar-refractivity contribution in [3.8, 4) is 0 Å². The molecule has 140 valence electrons. The molecule has 1 saturated heterocycles. The predicted molar refractivity (Wildman–Crippen MR) is 101 cm³/mol. The highest BCUT2D eigenvalue weighted by Crippen LogP contribution is 2.38. The lowest BCUT2D eigenvalue weighted by molar-refractivity contribution is -0.143. The summed E-state index contributed by atoms with van der Waals surface area (Å²) >= 11 is 0. The number of anilines is 1. The molecular weight excluding hydrogens is 328 g/mol. The molecule has 0 aromatic heterocycles. The molecule has 0 bridgehead atoms. The molecule has 26 heavy (non-hydrogen) atoms. The van der Waals surface area contributed by atoms with Crippen LogP contribution in [0.5, 0.6) is 0 Å². The Balaban J connectivity index is 1.69. The molecule has 3 amide bonds. The van der Waals surface area contributed by atoms with Crippen LogP contribution in [0.15, 0.2) is 24.3 Å². The van der Waals surface area contributed by atoms with Crippen molar-refractivity contribution in [1.82, 2.24) is 4.90 Å². The van der Waals surface area contributed by atoms with Crippen molar-refractivity contribution in [1.29, 1.82) is 0 Å². The van der Waals surface area contributed by atoms with Gasteiger partial charge >= 0.3 is 0 Å². The van der Waals surface area contributed by atoms with Gasteiger partial charge in [-0.2, -0.15) is 0 Å². The largest absolute Gasteiger partial charge is 0.314 e. The summed E-state index contributed by atoms with van der Waals surface area (Å²) in [6, 6.07) is 7.84. The molecule has 1 aliphatic heterocycles. The number of carbonyl (C=O) groups is 3. The normalized spacial score (nSPS) is 23.2. The first-order valence-corrected chi connectivity index (χ1v) is 9.42. The number of hydrogen-bond acceptors (Lipinski definition) is 3. The second-order valence-electron chi connectivity index (χ2n) is 8.51. The van der Waals surface area contributed by atoms with Crippen LogP contribution in [-0.2, 0) is 19.8 Å². The molecule has 2 unspecified atom stereocenters. The molecule has 2 fully saturated rings. The number of rotatable bonds is 3. The fourth-order valence-electron chi connectivity index (χ4n) is 3.96. The first-order chi connectivity index (χ1) is 12.2. The highest BCUT2D eigenvalue weighted by molar-refractivity contribution is 6.09. The zero-order chi connectivity index (χ0) is 19.1. The van der Waals surface area contributed by atoms with Crippen LogP contribution in [0.25, 0.3) is 0 Å². The van der Waals surface area contributed by atoms with Crippen molar-refractivity contribution in [2.24, 2.45) is 11.8 Å². The molecule has 1 aromatic rings. The Hall–Kier alpha value is -2.17. The second kappa shape index (κ2) is 6.86. The van der Waals surface area contributed by atoms with E-state index in [9.17, 15) is 14.4 Å². The van der Waals surface area contributed by atoms with E-state index in [0.717, 1.165) is 31.4 Å². The Morgan fingerprint density at radius 1 is 1.04 bits per heavy atom.